The molecular formula is C14H22NO5P. The lowest BCUT2D eigenvalue weighted by Gasteiger charge is -2.30. The molecule has 1 N–H and O–H groups in total. The molecule has 7 heteroatoms. The first kappa shape index (κ1) is 17.7. The van der Waals surface area contributed by atoms with Crippen LogP contribution in [0.15, 0.2) is 24.3 Å². The first-order valence-corrected chi connectivity index (χ1v) is 8.30. The van der Waals surface area contributed by atoms with Crippen LogP contribution in [0.1, 0.15) is 33.3 Å². The van der Waals surface area contributed by atoms with E-state index in [1.54, 1.807) is 26.0 Å². The fourth-order valence-corrected chi connectivity index (χ4v) is 3.35. The highest BCUT2D eigenvalue weighted by Crippen LogP contribution is 2.59. The largest absolute Gasteiger partial charge is 0.623 e. The van der Waals surface area contributed by atoms with Crippen molar-refractivity contribution in [3.63, 3.8) is 0 Å². The minimum Gasteiger partial charge on any atom is -0.623 e. The van der Waals surface area contributed by atoms with Gasteiger partial charge in [-0.1, -0.05) is 0 Å². The van der Waals surface area contributed by atoms with E-state index in [2.05, 4.69) is 0 Å². The van der Waals surface area contributed by atoms with Crippen molar-refractivity contribution in [2.45, 2.75) is 33.0 Å². The second-order valence-corrected chi connectivity index (χ2v) is 7.48. The van der Waals surface area contributed by atoms with Crippen LogP contribution in [0, 0.1) is 5.21 Å². The standard InChI is InChI=1S/C14H22NO5P/c1-5-19-21(18,20-6-2)14(3,4)15(17)11-12-7-9-13(16)10-8-12/h7-11,16H,5-6H2,1-4H3/b15-11-. The van der Waals surface area contributed by atoms with Gasteiger partial charge in [0.15, 0.2) is 6.21 Å². The molecule has 0 atom stereocenters. The van der Waals surface area contributed by atoms with Crippen molar-refractivity contribution in [1.82, 2.24) is 0 Å². The van der Waals surface area contributed by atoms with Gasteiger partial charge < -0.3 is 19.4 Å². The quantitative estimate of drug-likeness (QED) is 0.274. The van der Waals surface area contributed by atoms with Crippen LogP contribution in [-0.4, -0.2) is 34.6 Å². The van der Waals surface area contributed by atoms with Crippen LogP contribution in [0.3, 0.4) is 0 Å². The summed E-state index contributed by atoms with van der Waals surface area (Å²) >= 11 is 0. The van der Waals surface area contributed by atoms with Gasteiger partial charge in [0.25, 0.3) is 5.28 Å². The van der Waals surface area contributed by atoms with Crippen molar-refractivity contribution in [1.29, 1.82) is 0 Å². The summed E-state index contributed by atoms with van der Waals surface area (Å²) in [6, 6.07) is 6.11. The monoisotopic (exact) mass is 315 g/mol. The molecule has 0 amide bonds. The third-order valence-corrected chi connectivity index (χ3v) is 5.70. The Morgan fingerprint density at radius 1 is 1.24 bits per heavy atom. The van der Waals surface area contributed by atoms with E-state index in [-0.39, 0.29) is 19.0 Å². The zero-order valence-corrected chi connectivity index (χ0v) is 13.7. The minimum atomic E-state index is -3.59. The number of hydrogen-bond donors (Lipinski definition) is 1. The van der Waals surface area contributed by atoms with Crippen LogP contribution in [0.2, 0.25) is 0 Å². The van der Waals surface area contributed by atoms with Gasteiger partial charge in [0, 0.05) is 19.4 Å². The Labute approximate surface area is 125 Å². The highest BCUT2D eigenvalue weighted by molar-refractivity contribution is 7.55. The van der Waals surface area contributed by atoms with Crippen molar-refractivity contribution in [2.24, 2.45) is 0 Å². The first-order chi connectivity index (χ1) is 9.76. The molecule has 0 aromatic heterocycles. The van der Waals surface area contributed by atoms with Crippen molar-refractivity contribution in [2.75, 3.05) is 13.2 Å². The van der Waals surface area contributed by atoms with Crippen molar-refractivity contribution in [3.8, 4) is 5.75 Å². The average Bonchev–Trinajstić information content (AvgIpc) is 2.41. The predicted octanol–water partition coefficient (Wildman–Crippen LogP) is 3.32. The molecule has 0 saturated carbocycles. The summed E-state index contributed by atoms with van der Waals surface area (Å²) in [4.78, 5) is 0. The fraction of sp³-hybridized carbons (Fsp3) is 0.500. The maximum Gasteiger partial charge on any atom is 0.401 e. The van der Waals surface area contributed by atoms with Crippen LogP contribution < -0.4 is 0 Å². The Morgan fingerprint density at radius 3 is 2.14 bits per heavy atom. The molecule has 118 valence electrons. The third kappa shape index (κ3) is 4.06. The number of nitrogens with zero attached hydrogens (tertiary/aromatic N) is 1. The Morgan fingerprint density at radius 2 is 1.71 bits per heavy atom. The van der Waals surface area contributed by atoms with E-state index in [0.717, 1.165) is 0 Å². The molecule has 0 bridgehead atoms. The van der Waals surface area contributed by atoms with Crippen molar-refractivity contribution >= 4 is 13.8 Å². The SMILES string of the molecule is CCOP(=O)(OCC)C(C)(C)/[N+]([O-])=C/c1ccc(O)cc1. The summed E-state index contributed by atoms with van der Waals surface area (Å²) in [5, 5.41) is 20.2. The van der Waals surface area contributed by atoms with E-state index in [1.807, 2.05) is 0 Å². The maximum atomic E-state index is 12.8. The second-order valence-electron chi connectivity index (χ2n) is 4.87. The van der Waals surface area contributed by atoms with Crippen LogP contribution in [0.25, 0.3) is 0 Å². The molecule has 0 spiro atoms. The first-order valence-electron chi connectivity index (χ1n) is 6.76. The molecule has 0 fully saturated rings. The zero-order valence-electron chi connectivity index (χ0n) is 12.8. The predicted molar refractivity (Wildman–Crippen MR) is 81.8 cm³/mol. The molecule has 0 unspecified atom stereocenters. The Balaban J connectivity index is 3.14. The molecule has 0 radical (unpaired) electrons. The van der Waals surface area contributed by atoms with Crippen molar-refractivity contribution in [3.05, 3.63) is 35.0 Å². The molecule has 0 heterocycles. The third-order valence-electron chi connectivity index (χ3n) is 2.97. The molecule has 0 aliphatic rings. The van der Waals surface area contributed by atoms with E-state index in [0.29, 0.717) is 10.3 Å². The van der Waals surface area contributed by atoms with Gasteiger partial charge in [-0.05, 0) is 38.1 Å². The van der Waals surface area contributed by atoms with E-state index in [4.69, 9.17) is 9.05 Å². The summed E-state index contributed by atoms with van der Waals surface area (Å²) in [6.07, 6.45) is 1.30. The van der Waals surface area contributed by atoms with Gasteiger partial charge in [-0.25, -0.2) is 0 Å². The minimum absolute atomic E-state index is 0.109. The second kappa shape index (κ2) is 7.07. The topological polar surface area (TPSA) is 81.8 Å². The Bertz CT molecular complexity index is 529. The lowest BCUT2D eigenvalue weighted by Crippen LogP contribution is -2.35. The maximum absolute atomic E-state index is 12.8. The van der Waals surface area contributed by atoms with Crippen LogP contribution in [0.4, 0.5) is 0 Å². The van der Waals surface area contributed by atoms with Crippen LogP contribution in [0.5, 0.6) is 5.75 Å². The number of aromatic hydroxyl groups is 1. The lowest BCUT2D eigenvalue weighted by atomic mass is 10.2. The van der Waals surface area contributed by atoms with Gasteiger partial charge in [-0.15, -0.1) is 0 Å². The number of phenols is 1. The zero-order chi connectivity index (χ0) is 16.1. The molecular weight excluding hydrogens is 293 g/mol. The molecule has 21 heavy (non-hydrogen) atoms. The van der Waals surface area contributed by atoms with E-state index in [1.165, 1.54) is 32.2 Å². The number of hydroxylamine groups is 1. The summed E-state index contributed by atoms with van der Waals surface area (Å²) in [7, 11) is -3.59. The summed E-state index contributed by atoms with van der Waals surface area (Å²) < 4.78 is 23.8. The fourth-order valence-electron chi connectivity index (χ4n) is 1.67. The molecule has 1 rings (SSSR count). The summed E-state index contributed by atoms with van der Waals surface area (Å²) in [5.74, 6) is 0.109. The molecule has 0 aliphatic carbocycles. The molecule has 0 saturated heterocycles. The summed E-state index contributed by atoms with van der Waals surface area (Å²) in [5.41, 5.74) is 0.579. The van der Waals surface area contributed by atoms with E-state index < -0.39 is 12.9 Å². The smallest absolute Gasteiger partial charge is 0.401 e. The Kier molecular flexibility index (Phi) is 5.96. The molecule has 0 aliphatic heterocycles. The number of benzene rings is 1. The van der Waals surface area contributed by atoms with Crippen LogP contribution >= 0.6 is 7.60 Å². The number of phenolic OH excluding ortho intramolecular Hbond substituents is 1. The van der Waals surface area contributed by atoms with E-state index in [9.17, 15) is 14.9 Å². The highest BCUT2D eigenvalue weighted by Gasteiger charge is 2.51. The van der Waals surface area contributed by atoms with Gasteiger partial charge in [-0.3, -0.25) is 4.57 Å². The lowest BCUT2D eigenvalue weighted by molar-refractivity contribution is -0.510. The molecule has 1 aromatic carbocycles. The highest BCUT2D eigenvalue weighted by atomic mass is 31.2. The number of rotatable bonds is 7. The molecule has 6 nitrogen and oxygen atoms in total. The van der Waals surface area contributed by atoms with Crippen LogP contribution in [-0.2, 0) is 13.6 Å². The van der Waals surface area contributed by atoms with E-state index >= 15 is 0 Å². The van der Waals surface area contributed by atoms with Gasteiger partial charge >= 0.3 is 7.60 Å². The molecule has 1 aromatic rings. The van der Waals surface area contributed by atoms with Gasteiger partial charge in [0.1, 0.15) is 5.75 Å². The van der Waals surface area contributed by atoms with Gasteiger partial charge in [-0.2, -0.15) is 4.74 Å². The summed E-state index contributed by atoms with van der Waals surface area (Å²) in [6.45, 7) is 6.80. The number of hydrogen-bond acceptors (Lipinski definition) is 5. The Hall–Kier alpha value is -1.36. The van der Waals surface area contributed by atoms with Gasteiger partial charge in [0.2, 0.25) is 0 Å². The normalized spacial score (nSPS) is 13.4. The van der Waals surface area contributed by atoms with Crippen molar-refractivity contribution < 1.29 is 23.5 Å². The average molecular weight is 315 g/mol. The van der Waals surface area contributed by atoms with Gasteiger partial charge in [0.05, 0.1) is 13.2 Å².